The molecule has 1 fully saturated rings. The van der Waals surface area contributed by atoms with Crippen LogP contribution < -0.4 is 0 Å². The first-order valence-corrected chi connectivity index (χ1v) is 8.23. The largest absolute Gasteiger partial charge is 0.478 e. The number of carboxylic acid groups (broad SMARTS) is 1. The molecular weight excluding hydrogens is 296 g/mol. The molecule has 2 rings (SSSR count). The Labute approximate surface area is 123 Å². The van der Waals surface area contributed by atoms with Crippen LogP contribution in [0.1, 0.15) is 36.0 Å². The number of pyridine rings is 1. The molecule has 116 valence electrons. The Morgan fingerprint density at radius 1 is 1.33 bits per heavy atom. The molecule has 1 aliphatic heterocycles. The van der Waals surface area contributed by atoms with Crippen molar-refractivity contribution >= 4 is 16.0 Å². The minimum Gasteiger partial charge on any atom is -0.478 e. The van der Waals surface area contributed by atoms with E-state index in [0.29, 0.717) is 13.0 Å². The molecule has 1 aliphatic rings. The number of aromatic carboxylic acids is 1. The molecule has 0 spiro atoms. The van der Waals surface area contributed by atoms with E-state index in [1.54, 1.807) is 0 Å². The van der Waals surface area contributed by atoms with Gasteiger partial charge >= 0.3 is 5.97 Å². The quantitative estimate of drug-likeness (QED) is 0.847. The molecule has 2 N–H and O–H groups in total. The average molecular weight is 314 g/mol. The number of hydrogen-bond donors (Lipinski definition) is 2. The van der Waals surface area contributed by atoms with E-state index in [1.807, 2.05) is 0 Å². The molecule has 7 nitrogen and oxygen atoms in total. The van der Waals surface area contributed by atoms with E-state index in [9.17, 15) is 18.3 Å². The van der Waals surface area contributed by atoms with Gasteiger partial charge in [-0.25, -0.2) is 18.2 Å². The zero-order valence-corrected chi connectivity index (χ0v) is 12.3. The summed E-state index contributed by atoms with van der Waals surface area (Å²) in [6.45, 7) is 0.113. The molecule has 0 aliphatic carbocycles. The molecule has 0 bridgehead atoms. The summed E-state index contributed by atoms with van der Waals surface area (Å²) in [5.41, 5.74) is -0.0662. The van der Waals surface area contributed by atoms with Crippen molar-refractivity contribution in [3.05, 3.63) is 23.9 Å². The topological polar surface area (TPSA) is 108 Å². The van der Waals surface area contributed by atoms with Gasteiger partial charge in [-0.05, 0) is 25.0 Å². The van der Waals surface area contributed by atoms with Crippen molar-refractivity contribution in [2.24, 2.45) is 0 Å². The highest BCUT2D eigenvalue weighted by Gasteiger charge is 2.33. The second kappa shape index (κ2) is 6.50. The van der Waals surface area contributed by atoms with Crippen molar-refractivity contribution in [1.29, 1.82) is 0 Å². The molecule has 0 amide bonds. The summed E-state index contributed by atoms with van der Waals surface area (Å²) in [6.07, 6.45) is 4.18. The highest BCUT2D eigenvalue weighted by molar-refractivity contribution is 7.89. The third kappa shape index (κ3) is 3.39. The van der Waals surface area contributed by atoms with E-state index in [4.69, 9.17) is 5.11 Å². The zero-order chi connectivity index (χ0) is 15.5. The summed E-state index contributed by atoms with van der Waals surface area (Å²) in [6, 6.07) is 1.96. The van der Waals surface area contributed by atoms with Gasteiger partial charge in [0.15, 0.2) is 5.03 Å². The summed E-state index contributed by atoms with van der Waals surface area (Å²) in [7, 11) is -3.82. The van der Waals surface area contributed by atoms with Gasteiger partial charge in [-0.2, -0.15) is 4.31 Å². The zero-order valence-electron chi connectivity index (χ0n) is 11.5. The number of hydrogen-bond acceptors (Lipinski definition) is 5. The number of rotatable bonds is 4. The Balaban J connectivity index is 2.32. The molecule has 2 heterocycles. The fourth-order valence-electron chi connectivity index (χ4n) is 2.43. The lowest BCUT2D eigenvalue weighted by molar-refractivity contribution is 0.0696. The van der Waals surface area contributed by atoms with Crippen LogP contribution in [0.3, 0.4) is 0 Å². The van der Waals surface area contributed by atoms with E-state index in [0.717, 1.165) is 25.5 Å². The fourth-order valence-corrected chi connectivity index (χ4v) is 4.03. The molecule has 1 atom stereocenters. The number of aromatic nitrogens is 1. The summed E-state index contributed by atoms with van der Waals surface area (Å²) >= 11 is 0. The monoisotopic (exact) mass is 314 g/mol. The number of sulfonamides is 1. The molecule has 0 saturated carbocycles. The van der Waals surface area contributed by atoms with Crippen LogP contribution in [0.15, 0.2) is 23.4 Å². The molecule has 1 aromatic rings. The molecule has 0 radical (unpaired) electrons. The molecule has 1 aromatic heterocycles. The lowest BCUT2D eigenvalue weighted by Gasteiger charge is -2.27. The normalized spacial score (nSPS) is 20.9. The van der Waals surface area contributed by atoms with Gasteiger partial charge in [0, 0.05) is 18.8 Å². The molecule has 21 heavy (non-hydrogen) atoms. The maximum absolute atomic E-state index is 12.6. The van der Waals surface area contributed by atoms with Gasteiger partial charge < -0.3 is 10.2 Å². The minimum atomic E-state index is -3.82. The molecule has 8 heteroatoms. The van der Waals surface area contributed by atoms with Gasteiger partial charge in [-0.15, -0.1) is 0 Å². The SMILES string of the molecule is O=C(O)c1ccc(S(=O)(=O)N2CCCCCC2CO)nc1. The first-order valence-electron chi connectivity index (χ1n) is 6.79. The van der Waals surface area contributed by atoms with Crippen LogP contribution in [0, 0.1) is 0 Å². The van der Waals surface area contributed by atoms with Crippen LogP contribution in [0.2, 0.25) is 0 Å². The first kappa shape index (κ1) is 15.9. The smallest absolute Gasteiger partial charge is 0.337 e. The third-order valence-corrected chi connectivity index (χ3v) is 5.46. The maximum atomic E-state index is 12.6. The van der Waals surface area contributed by atoms with Crippen molar-refractivity contribution in [2.45, 2.75) is 36.8 Å². The highest BCUT2D eigenvalue weighted by atomic mass is 32.2. The van der Waals surface area contributed by atoms with E-state index < -0.39 is 22.0 Å². The van der Waals surface area contributed by atoms with Gasteiger partial charge in [0.2, 0.25) is 0 Å². The van der Waals surface area contributed by atoms with E-state index >= 15 is 0 Å². The summed E-state index contributed by atoms with van der Waals surface area (Å²) in [5.74, 6) is -1.16. The van der Waals surface area contributed by atoms with Crippen molar-refractivity contribution < 1.29 is 23.4 Å². The first-order chi connectivity index (χ1) is 9.96. The molecule has 1 saturated heterocycles. The second-order valence-corrected chi connectivity index (χ2v) is 6.83. The van der Waals surface area contributed by atoms with Gasteiger partial charge in [0.1, 0.15) is 0 Å². The van der Waals surface area contributed by atoms with Crippen LogP contribution in [0.25, 0.3) is 0 Å². The second-order valence-electron chi connectivity index (χ2n) is 4.99. The highest BCUT2D eigenvalue weighted by Crippen LogP contribution is 2.23. The summed E-state index contributed by atoms with van der Waals surface area (Å²) in [5, 5.41) is 18.0. The minimum absolute atomic E-state index is 0.0662. The van der Waals surface area contributed by atoms with E-state index in [2.05, 4.69) is 4.98 Å². The van der Waals surface area contributed by atoms with Crippen LogP contribution in [0.5, 0.6) is 0 Å². The molecule has 0 aromatic carbocycles. The van der Waals surface area contributed by atoms with Crippen LogP contribution in [-0.2, 0) is 10.0 Å². The van der Waals surface area contributed by atoms with Crippen molar-refractivity contribution in [3.63, 3.8) is 0 Å². The van der Waals surface area contributed by atoms with E-state index in [-0.39, 0.29) is 17.2 Å². The standard InChI is InChI=1S/C13H18N2O5S/c16-9-11-4-2-1-3-7-15(11)21(19,20)12-6-5-10(8-14-12)13(17)18/h5-6,8,11,16H,1-4,7,9H2,(H,17,18). The molecular formula is C13H18N2O5S. The summed E-state index contributed by atoms with van der Waals surface area (Å²) < 4.78 is 26.5. The average Bonchev–Trinajstić information content (AvgIpc) is 2.72. The number of carboxylic acids is 1. The number of nitrogens with zero attached hydrogens (tertiary/aromatic N) is 2. The third-order valence-electron chi connectivity index (χ3n) is 3.59. The lowest BCUT2D eigenvalue weighted by atomic mass is 10.1. The Morgan fingerprint density at radius 3 is 2.67 bits per heavy atom. The predicted octanol–water partition coefficient (Wildman–Crippen LogP) is 0.705. The lowest BCUT2D eigenvalue weighted by Crippen LogP contribution is -2.42. The maximum Gasteiger partial charge on any atom is 0.337 e. The Hall–Kier alpha value is -1.51. The summed E-state index contributed by atoms with van der Waals surface area (Å²) in [4.78, 5) is 14.5. The van der Waals surface area contributed by atoms with Crippen LogP contribution in [-0.4, -0.2) is 53.1 Å². The number of aliphatic hydroxyl groups is 1. The Morgan fingerprint density at radius 2 is 2.10 bits per heavy atom. The van der Waals surface area contributed by atoms with Crippen LogP contribution >= 0.6 is 0 Å². The van der Waals surface area contributed by atoms with E-state index in [1.165, 1.54) is 16.4 Å². The van der Waals surface area contributed by atoms with Crippen molar-refractivity contribution in [3.8, 4) is 0 Å². The fraction of sp³-hybridized carbons (Fsp3) is 0.538. The Kier molecular flexibility index (Phi) is 4.92. The van der Waals surface area contributed by atoms with Gasteiger partial charge in [-0.3, -0.25) is 0 Å². The number of aliphatic hydroxyl groups excluding tert-OH is 1. The van der Waals surface area contributed by atoms with Crippen LogP contribution in [0.4, 0.5) is 0 Å². The van der Waals surface area contributed by atoms with Gasteiger partial charge in [0.25, 0.3) is 10.0 Å². The van der Waals surface area contributed by atoms with Gasteiger partial charge in [0.05, 0.1) is 12.2 Å². The van der Waals surface area contributed by atoms with Gasteiger partial charge in [-0.1, -0.05) is 12.8 Å². The predicted molar refractivity (Wildman–Crippen MR) is 74.4 cm³/mol. The Bertz CT molecular complexity index is 599. The van der Waals surface area contributed by atoms with Crippen molar-refractivity contribution in [1.82, 2.24) is 9.29 Å². The number of carbonyl (C=O) groups is 1. The van der Waals surface area contributed by atoms with Crippen molar-refractivity contribution in [2.75, 3.05) is 13.2 Å². The molecule has 1 unspecified atom stereocenters.